The molecule has 4 rings (SSSR count). The van der Waals surface area contributed by atoms with E-state index in [2.05, 4.69) is 65.6 Å². The molecule has 0 fully saturated rings. The predicted molar refractivity (Wildman–Crippen MR) is 108 cm³/mol. The number of aromatic nitrogens is 3. The van der Waals surface area contributed by atoms with Gasteiger partial charge in [-0.2, -0.15) is 0 Å². The summed E-state index contributed by atoms with van der Waals surface area (Å²) in [4.78, 5) is 14.6. The van der Waals surface area contributed by atoms with E-state index < -0.39 is 0 Å². The monoisotopic (exact) mass is 358 g/mol. The molecule has 0 aliphatic carbocycles. The van der Waals surface area contributed by atoms with Crippen molar-refractivity contribution in [3.8, 4) is 11.1 Å². The van der Waals surface area contributed by atoms with Crippen LogP contribution in [0.2, 0.25) is 0 Å². The lowest BCUT2D eigenvalue weighted by molar-refractivity contribution is 0.303. The fraction of sp³-hybridized carbons (Fsp3) is 0.182. The summed E-state index contributed by atoms with van der Waals surface area (Å²) < 4.78 is 3.11. The summed E-state index contributed by atoms with van der Waals surface area (Å²) >= 11 is 0. The molecule has 0 N–H and O–H groups in total. The first-order valence-corrected chi connectivity index (χ1v) is 9.08. The lowest BCUT2D eigenvalue weighted by atomic mass is 9.99. The van der Waals surface area contributed by atoms with Crippen molar-refractivity contribution in [1.29, 1.82) is 0 Å². The van der Waals surface area contributed by atoms with E-state index in [1.165, 1.54) is 21.4 Å². The van der Waals surface area contributed by atoms with Crippen LogP contribution in [-0.4, -0.2) is 32.7 Å². The number of likely N-dealkylation sites (N-methyl/N-ethyl adjacent to an activating group) is 1. The average molecular weight is 358 g/mol. The van der Waals surface area contributed by atoms with Crippen LogP contribution in [0.3, 0.4) is 0 Å². The maximum absolute atomic E-state index is 12.4. The summed E-state index contributed by atoms with van der Waals surface area (Å²) in [6.45, 7) is 2.12. The third kappa shape index (κ3) is 3.68. The zero-order valence-corrected chi connectivity index (χ0v) is 15.3. The second-order valence-corrected chi connectivity index (χ2v) is 6.70. The van der Waals surface area contributed by atoms with Crippen LogP contribution in [0.15, 0.2) is 83.8 Å². The summed E-state index contributed by atoms with van der Waals surface area (Å²) in [5.41, 5.74) is 4.32. The molecule has 2 aromatic carbocycles. The topological polar surface area (TPSA) is 42.5 Å². The van der Waals surface area contributed by atoms with E-state index in [9.17, 15) is 4.79 Å². The zero-order valence-electron chi connectivity index (χ0n) is 15.3. The van der Waals surface area contributed by atoms with E-state index in [-0.39, 0.29) is 5.69 Å². The van der Waals surface area contributed by atoms with Crippen LogP contribution >= 0.6 is 0 Å². The third-order valence-corrected chi connectivity index (χ3v) is 4.72. The molecule has 0 saturated heterocycles. The summed E-state index contributed by atoms with van der Waals surface area (Å²) in [5, 5.41) is 4.40. The molecular formula is C22H22N4O. The summed E-state index contributed by atoms with van der Waals surface area (Å²) in [5.74, 6) is 0. The number of pyridine rings is 1. The Balaban J connectivity index is 1.48. The molecule has 0 saturated carbocycles. The number of hydrogen-bond acceptors (Lipinski definition) is 3. The SMILES string of the molecule is CN(CCn1nc2ccccn2c1=O)Cc1ccccc1-c1ccccc1. The highest BCUT2D eigenvalue weighted by Gasteiger charge is 2.10. The van der Waals surface area contributed by atoms with Gasteiger partial charge in [-0.3, -0.25) is 4.40 Å². The van der Waals surface area contributed by atoms with Gasteiger partial charge in [0, 0.05) is 19.3 Å². The van der Waals surface area contributed by atoms with Gasteiger partial charge in [0.25, 0.3) is 0 Å². The van der Waals surface area contributed by atoms with E-state index in [1.807, 2.05) is 24.3 Å². The Morgan fingerprint density at radius 2 is 1.67 bits per heavy atom. The second-order valence-electron chi connectivity index (χ2n) is 6.70. The molecule has 5 heteroatoms. The lowest BCUT2D eigenvalue weighted by Gasteiger charge is -2.18. The van der Waals surface area contributed by atoms with Crippen molar-refractivity contribution in [3.63, 3.8) is 0 Å². The first-order chi connectivity index (χ1) is 13.2. The van der Waals surface area contributed by atoms with Crippen molar-refractivity contribution in [2.24, 2.45) is 0 Å². The van der Waals surface area contributed by atoms with Crippen LogP contribution in [0.5, 0.6) is 0 Å². The normalized spacial score (nSPS) is 11.3. The van der Waals surface area contributed by atoms with Crippen molar-refractivity contribution in [2.75, 3.05) is 13.6 Å². The van der Waals surface area contributed by atoms with Crippen LogP contribution in [0.1, 0.15) is 5.56 Å². The minimum Gasteiger partial charge on any atom is -0.300 e. The Hall–Kier alpha value is -3.18. The van der Waals surface area contributed by atoms with Gasteiger partial charge in [-0.1, -0.05) is 60.7 Å². The highest BCUT2D eigenvalue weighted by atomic mass is 16.2. The van der Waals surface area contributed by atoms with Crippen molar-refractivity contribution in [1.82, 2.24) is 19.1 Å². The number of fused-ring (bicyclic) bond motifs is 1. The van der Waals surface area contributed by atoms with E-state index >= 15 is 0 Å². The van der Waals surface area contributed by atoms with Gasteiger partial charge in [-0.25, -0.2) is 9.48 Å². The van der Waals surface area contributed by atoms with Gasteiger partial charge >= 0.3 is 5.69 Å². The van der Waals surface area contributed by atoms with E-state index in [0.29, 0.717) is 12.2 Å². The molecule has 0 atom stereocenters. The highest BCUT2D eigenvalue weighted by Crippen LogP contribution is 2.24. The van der Waals surface area contributed by atoms with Gasteiger partial charge in [0.1, 0.15) is 0 Å². The van der Waals surface area contributed by atoms with Crippen molar-refractivity contribution >= 4 is 5.65 Å². The maximum atomic E-state index is 12.4. The fourth-order valence-corrected chi connectivity index (χ4v) is 3.31. The Kier molecular flexibility index (Phi) is 4.85. The smallest absolute Gasteiger partial charge is 0.300 e. The minimum atomic E-state index is -0.0938. The molecule has 2 aromatic heterocycles. The number of hydrogen-bond donors (Lipinski definition) is 0. The van der Waals surface area contributed by atoms with Gasteiger partial charge in [0.2, 0.25) is 0 Å². The third-order valence-electron chi connectivity index (χ3n) is 4.72. The van der Waals surface area contributed by atoms with Gasteiger partial charge in [-0.15, -0.1) is 5.10 Å². The summed E-state index contributed by atoms with van der Waals surface area (Å²) in [7, 11) is 2.07. The molecule has 0 amide bonds. The van der Waals surface area contributed by atoms with Gasteiger partial charge in [0.15, 0.2) is 5.65 Å². The van der Waals surface area contributed by atoms with Crippen LogP contribution in [0, 0.1) is 0 Å². The minimum absolute atomic E-state index is 0.0938. The first kappa shape index (κ1) is 17.2. The van der Waals surface area contributed by atoms with Gasteiger partial charge in [0.05, 0.1) is 6.54 Å². The first-order valence-electron chi connectivity index (χ1n) is 9.08. The summed E-state index contributed by atoms with van der Waals surface area (Å²) in [6.07, 6.45) is 1.75. The molecule has 0 spiro atoms. The van der Waals surface area contributed by atoms with Crippen LogP contribution in [0.4, 0.5) is 0 Å². The molecule has 0 aliphatic heterocycles. The Morgan fingerprint density at radius 1 is 0.926 bits per heavy atom. The van der Waals surface area contributed by atoms with Gasteiger partial charge in [-0.05, 0) is 35.9 Å². The van der Waals surface area contributed by atoms with E-state index in [4.69, 9.17) is 0 Å². The van der Waals surface area contributed by atoms with Crippen molar-refractivity contribution in [3.05, 3.63) is 95.0 Å². The fourth-order valence-electron chi connectivity index (χ4n) is 3.31. The number of rotatable bonds is 6. The molecule has 0 bridgehead atoms. The predicted octanol–water partition coefficient (Wildman–Crippen LogP) is 3.30. The van der Waals surface area contributed by atoms with Crippen LogP contribution in [-0.2, 0) is 13.1 Å². The number of benzene rings is 2. The van der Waals surface area contributed by atoms with Gasteiger partial charge < -0.3 is 4.90 Å². The molecule has 27 heavy (non-hydrogen) atoms. The zero-order chi connectivity index (χ0) is 18.6. The quantitative estimate of drug-likeness (QED) is 0.531. The molecule has 136 valence electrons. The Bertz CT molecular complexity index is 1100. The standard InChI is InChI=1S/C22H22N4O/c1-24(15-16-26-22(27)25-14-8-7-13-21(25)23-26)17-19-11-5-6-12-20(19)18-9-3-2-4-10-18/h2-14H,15-17H2,1H3. The summed E-state index contributed by atoms with van der Waals surface area (Å²) in [6, 6.07) is 24.5. The number of nitrogens with zero attached hydrogens (tertiary/aromatic N) is 4. The molecule has 4 aromatic rings. The average Bonchev–Trinajstić information content (AvgIpc) is 3.03. The van der Waals surface area contributed by atoms with Crippen molar-refractivity contribution in [2.45, 2.75) is 13.1 Å². The molecule has 2 heterocycles. The Morgan fingerprint density at radius 3 is 2.48 bits per heavy atom. The molecular weight excluding hydrogens is 336 g/mol. The highest BCUT2D eigenvalue weighted by molar-refractivity contribution is 5.67. The molecule has 0 radical (unpaired) electrons. The van der Waals surface area contributed by atoms with E-state index in [1.54, 1.807) is 10.6 Å². The van der Waals surface area contributed by atoms with Crippen LogP contribution in [0.25, 0.3) is 16.8 Å². The maximum Gasteiger partial charge on any atom is 0.350 e. The largest absolute Gasteiger partial charge is 0.350 e. The van der Waals surface area contributed by atoms with E-state index in [0.717, 1.165) is 13.1 Å². The lowest BCUT2D eigenvalue weighted by Crippen LogP contribution is -2.29. The molecule has 5 nitrogen and oxygen atoms in total. The molecule has 0 unspecified atom stereocenters. The Labute approximate surface area is 158 Å². The van der Waals surface area contributed by atoms with Crippen molar-refractivity contribution < 1.29 is 0 Å². The second kappa shape index (κ2) is 7.60. The molecule has 0 aliphatic rings. The van der Waals surface area contributed by atoms with Crippen LogP contribution < -0.4 is 5.69 Å².